The Bertz CT molecular complexity index is 536. The highest BCUT2D eigenvalue weighted by atomic mass is 32.1. The van der Waals surface area contributed by atoms with Crippen LogP contribution in [0.5, 0.6) is 0 Å². The van der Waals surface area contributed by atoms with Crippen molar-refractivity contribution in [2.75, 3.05) is 6.54 Å². The predicted octanol–water partition coefficient (Wildman–Crippen LogP) is 3.45. The molecule has 0 bridgehead atoms. The van der Waals surface area contributed by atoms with E-state index in [4.69, 9.17) is 0 Å². The Hall–Kier alpha value is -1.43. The zero-order chi connectivity index (χ0) is 12.9. The van der Waals surface area contributed by atoms with Gasteiger partial charge in [-0.25, -0.2) is 4.98 Å². The highest BCUT2D eigenvalue weighted by molar-refractivity contribution is 7.11. The molecule has 0 radical (unpaired) electrons. The van der Waals surface area contributed by atoms with Gasteiger partial charge in [0.2, 0.25) is 0 Å². The van der Waals surface area contributed by atoms with Crippen LogP contribution >= 0.6 is 22.7 Å². The summed E-state index contributed by atoms with van der Waals surface area (Å²) >= 11 is 3.60. The summed E-state index contributed by atoms with van der Waals surface area (Å²) in [6.45, 7) is 0.933. The van der Waals surface area contributed by atoms with Crippen LogP contribution in [0.1, 0.15) is 21.5 Å². The molecular weight excluding hydrogens is 274 g/mol. The summed E-state index contributed by atoms with van der Waals surface area (Å²) in [4.78, 5) is 9.91. The molecule has 0 aliphatic rings. The van der Waals surface area contributed by atoms with E-state index < -0.39 is 0 Å². The molecule has 0 amide bonds. The zero-order valence-corrected chi connectivity index (χ0v) is 12.0. The van der Waals surface area contributed by atoms with Gasteiger partial charge in [0.1, 0.15) is 0 Å². The Morgan fingerprint density at radius 1 is 1.16 bits per heavy atom. The van der Waals surface area contributed by atoms with Gasteiger partial charge in [-0.2, -0.15) is 0 Å². The van der Waals surface area contributed by atoms with Crippen molar-refractivity contribution in [1.29, 1.82) is 0 Å². The SMILES string of the molecule is c1csc(C(NCCc2cnc[nH]2)c2cccs2)c1. The molecule has 3 nitrogen and oxygen atoms in total. The molecule has 0 fully saturated rings. The Morgan fingerprint density at radius 3 is 2.42 bits per heavy atom. The first kappa shape index (κ1) is 12.6. The van der Waals surface area contributed by atoms with Crippen LogP contribution in [0.25, 0.3) is 0 Å². The first-order valence-electron chi connectivity index (χ1n) is 6.21. The molecule has 0 atom stereocenters. The normalized spacial score (nSPS) is 11.2. The average molecular weight is 289 g/mol. The summed E-state index contributed by atoms with van der Waals surface area (Å²) < 4.78 is 0. The molecule has 0 saturated carbocycles. The van der Waals surface area contributed by atoms with Crippen molar-refractivity contribution in [3.63, 3.8) is 0 Å². The average Bonchev–Trinajstić information content (AvgIpc) is 3.15. The Kier molecular flexibility index (Phi) is 4.07. The lowest BCUT2D eigenvalue weighted by Gasteiger charge is -2.15. The van der Waals surface area contributed by atoms with E-state index in [0.717, 1.165) is 13.0 Å². The summed E-state index contributed by atoms with van der Waals surface area (Å²) in [6.07, 6.45) is 4.57. The van der Waals surface area contributed by atoms with E-state index in [0.29, 0.717) is 6.04 Å². The summed E-state index contributed by atoms with van der Waals surface area (Å²) in [7, 11) is 0. The van der Waals surface area contributed by atoms with Gasteiger partial charge in [0.25, 0.3) is 0 Å². The number of aromatic amines is 1. The Morgan fingerprint density at radius 2 is 1.89 bits per heavy atom. The number of aromatic nitrogens is 2. The minimum absolute atomic E-state index is 0.308. The maximum absolute atomic E-state index is 4.04. The second-order valence-electron chi connectivity index (χ2n) is 4.24. The van der Waals surface area contributed by atoms with Gasteiger partial charge >= 0.3 is 0 Å². The number of hydrogen-bond acceptors (Lipinski definition) is 4. The largest absolute Gasteiger partial charge is 0.348 e. The number of H-pyrrole nitrogens is 1. The van der Waals surface area contributed by atoms with Crippen LogP contribution in [0, 0.1) is 0 Å². The molecule has 0 saturated heterocycles. The quantitative estimate of drug-likeness (QED) is 0.729. The van der Waals surface area contributed by atoms with Crippen LogP contribution in [-0.4, -0.2) is 16.5 Å². The minimum atomic E-state index is 0.308. The third-order valence-electron chi connectivity index (χ3n) is 2.95. The lowest BCUT2D eigenvalue weighted by atomic mass is 10.2. The van der Waals surface area contributed by atoms with Gasteiger partial charge in [0.05, 0.1) is 12.4 Å². The van der Waals surface area contributed by atoms with Crippen molar-refractivity contribution < 1.29 is 0 Å². The van der Waals surface area contributed by atoms with Gasteiger partial charge in [-0.15, -0.1) is 22.7 Å². The van der Waals surface area contributed by atoms with Crippen molar-refractivity contribution in [2.45, 2.75) is 12.5 Å². The van der Waals surface area contributed by atoms with Crippen LogP contribution in [0.15, 0.2) is 47.5 Å². The summed E-state index contributed by atoms with van der Waals surface area (Å²) in [5, 5.41) is 7.90. The molecule has 3 aromatic rings. The molecular formula is C14H15N3S2. The second kappa shape index (κ2) is 6.14. The van der Waals surface area contributed by atoms with Gasteiger partial charge in [0.15, 0.2) is 0 Å². The van der Waals surface area contributed by atoms with Crippen molar-refractivity contribution in [3.05, 3.63) is 63.0 Å². The van der Waals surface area contributed by atoms with E-state index in [2.05, 4.69) is 50.3 Å². The summed E-state index contributed by atoms with van der Waals surface area (Å²) in [5.74, 6) is 0. The topological polar surface area (TPSA) is 40.7 Å². The third kappa shape index (κ3) is 3.12. The Labute approximate surface area is 120 Å². The minimum Gasteiger partial charge on any atom is -0.348 e. The fraction of sp³-hybridized carbons (Fsp3) is 0.214. The van der Waals surface area contributed by atoms with Crippen molar-refractivity contribution >= 4 is 22.7 Å². The molecule has 2 N–H and O–H groups in total. The van der Waals surface area contributed by atoms with E-state index in [-0.39, 0.29) is 0 Å². The zero-order valence-electron chi connectivity index (χ0n) is 10.4. The van der Waals surface area contributed by atoms with Crippen molar-refractivity contribution in [3.8, 4) is 0 Å². The van der Waals surface area contributed by atoms with E-state index in [9.17, 15) is 0 Å². The van der Waals surface area contributed by atoms with Crippen LogP contribution in [-0.2, 0) is 6.42 Å². The van der Waals surface area contributed by atoms with E-state index >= 15 is 0 Å². The van der Waals surface area contributed by atoms with Crippen molar-refractivity contribution in [2.24, 2.45) is 0 Å². The Balaban J connectivity index is 1.67. The van der Waals surface area contributed by atoms with E-state index in [1.165, 1.54) is 15.4 Å². The molecule has 0 aliphatic carbocycles. The van der Waals surface area contributed by atoms with Crippen LogP contribution < -0.4 is 5.32 Å². The lowest BCUT2D eigenvalue weighted by molar-refractivity contribution is 0.618. The number of rotatable bonds is 6. The fourth-order valence-electron chi connectivity index (χ4n) is 2.03. The van der Waals surface area contributed by atoms with Gasteiger partial charge in [-0.05, 0) is 22.9 Å². The van der Waals surface area contributed by atoms with Crippen molar-refractivity contribution in [1.82, 2.24) is 15.3 Å². The molecule has 5 heteroatoms. The molecule has 0 aromatic carbocycles. The smallest absolute Gasteiger partial charge is 0.0921 e. The second-order valence-corrected chi connectivity index (χ2v) is 6.20. The molecule has 98 valence electrons. The number of nitrogens with zero attached hydrogens (tertiary/aromatic N) is 1. The molecule has 19 heavy (non-hydrogen) atoms. The molecule has 3 rings (SSSR count). The maximum Gasteiger partial charge on any atom is 0.0921 e. The number of hydrogen-bond donors (Lipinski definition) is 2. The van der Waals surface area contributed by atoms with E-state index in [1.54, 1.807) is 29.0 Å². The standard InChI is InChI=1S/C14H15N3S2/c1-3-12(18-7-1)14(13-4-2-8-19-13)16-6-5-11-9-15-10-17-11/h1-4,7-10,14,16H,5-6H2,(H,15,17). The van der Waals surface area contributed by atoms with Crippen LogP contribution in [0.4, 0.5) is 0 Å². The monoisotopic (exact) mass is 289 g/mol. The predicted molar refractivity (Wildman–Crippen MR) is 80.8 cm³/mol. The highest BCUT2D eigenvalue weighted by Crippen LogP contribution is 2.28. The third-order valence-corrected chi connectivity index (χ3v) is 4.83. The highest BCUT2D eigenvalue weighted by Gasteiger charge is 2.15. The maximum atomic E-state index is 4.04. The lowest BCUT2D eigenvalue weighted by Crippen LogP contribution is -2.23. The van der Waals surface area contributed by atoms with Crippen LogP contribution in [0.3, 0.4) is 0 Å². The number of thiophene rings is 2. The van der Waals surface area contributed by atoms with Gasteiger partial charge in [-0.3, -0.25) is 0 Å². The fourth-order valence-corrected chi connectivity index (χ4v) is 3.74. The molecule has 0 aliphatic heterocycles. The number of imidazole rings is 1. The van der Waals surface area contributed by atoms with Gasteiger partial charge in [-0.1, -0.05) is 12.1 Å². The molecule has 3 aromatic heterocycles. The number of nitrogens with one attached hydrogen (secondary N) is 2. The first-order chi connectivity index (χ1) is 9.43. The van der Waals surface area contributed by atoms with Gasteiger partial charge in [0, 0.05) is 34.6 Å². The summed E-state index contributed by atoms with van der Waals surface area (Å²) in [5.41, 5.74) is 1.17. The summed E-state index contributed by atoms with van der Waals surface area (Å²) in [6, 6.07) is 8.91. The molecule has 0 unspecified atom stereocenters. The molecule has 0 spiro atoms. The molecule has 3 heterocycles. The first-order valence-corrected chi connectivity index (χ1v) is 7.97. The van der Waals surface area contributed by atoms with Gasteiger partial charge < -0.3 is 10.3 Å². The van der Waals surface area contributed by atoms with E-state index in [1.807, 2.05) is 6.20 Å². The van der Waals surface area contributed by atoms with Crippen LogP contribution in [0.2, 0.25) is 0 Å².